The zero-order valence-electron chi connectivity index (χ0n) is 13.7. The van der Waals surface area contributed by atoms with Crippen LogP contribution in [0.25, 0.3) is 0 Å². The Morgan fingerprint density at radius 1 is 1.22 bits per heavy atom. The molecule has 126 valence electrons. The summed E-state index contributed by atoms with van der Waals surface area (Å²) in [6.07, 6.45) is 0.292. The molecule has 0 radical (unpaired) electrons. The maximum atomic E-state index is 11.0. The summed E-state index contributed by atoms with van der Waals surface area (Å²) in [7, 11) is 3.53. The van der Waals surface area contributed by atoms with Gasteiger partial charge in [0.2, 0.25) is 0 Å². The van der Waals surface area contributed by atoms with E-state index in [1.807, 2.05) is 12.1 Å². The number of methoxy groups -OCH3 is 1. The van der Waals surface area contributed by atoms with Crippen molar-refractivity contribution >= 4 is 34.7 Å². The number of esters is 1. The number of hydrogen-bond acceptors (Lipinski definition) is 5. The molecule has 0 amide bonds. The number of nitrogens with one attached hydrogen (secondary N) is 2. The van der Waals surface area contributed by atoms with Crippen LogP contribution in [0.2, 0.25) is 0 Å². The van der Waals surface area contributed by atoms with Gasteiger partial charge in [0.05, 0.1) is 13.5 Å². The smallest absolute Gasteiger partial charge is 0.307 e. The predicted octanol–water partition coefficient (Wildman–Crippen LogP) is 1.29. The van der Waals surface area contributed by atoms with Gasteiger partial charge in [-0.3, -0.25) is 4.79 Å². The highest BCUT2D eigenvalue weighted by Gasteiger charge is 2.13. The fourth-order valence-electron chi connectivity index (χ4n) is 2.38. The van der Waals surface area contributed by atoms with Crippen molar-refractivity contribution in [2.24, 2.45) is 0 Å². The highest BCUT2D eigenvalue weighted by Crippen LogP contribution is 2.19. The first-order chi connectivity index (χ1) is 11.1. The standard InChI is InChI=1S/C16H24N4O2S/c1-19-9-11-20(12-10-19)14-5-3-13(4-6-14)18-16(23)17-8-7-15(21)22-2/h3-6H,7-12H2,1-2H3,(H2,17,18,23). The molecule has 1 aromatic rings. The number of piperazine rings is 1. The Morgan fingerprint density at radius 3 is 2.48 bits per heavy atom. The highest BCUT2D eigenvalue weighted by atomic mass is 32.1. The molecule has 1 saturated heterocycles. The van der Waals surface area contributed by atoms with E-state index < -0.39 is 0 Å². The van der Waals surface area contributed by atoms with E-state index in [1.165, 1.54) is 12.8 Å². The van der Waals surface area contributed by atoms with Crippen molar-refractivity contribution in [3.63, 3.8) is 0 Å². The van der Waals surface area contributed by atoms with Crippen molar-refractivity contribution in [2.75, 3.05) is 57.1 Å². The van der Waals surface area contributed by atoms with Crippen molar-refractivity contribution in [2.45, 2.75) is 6.42 Å². The zero-order chi connectivity index (χ0) is 16.7. The largest absolute Gasteiger partial charge is 0.469 e. The molecule has 2 N–H and O–H groups in total. The second-order valence-electron chi connectivity index (χ2n) is 5.54. The molecule has 23 heavy (non-hydrogen) atoms. The van der Waals surface area contributed by atoms with Gasteiger partial charge in [-0.25, -0.2) is 0 Å². The molecule has 0 atom stereocenters. The number of benzene rings is 1. The lowest BCUT2D eigenvalue weighted by Gasteiger charge is -2.34. The molecule has 2 rings (SSSR count). The second kappa shape index (κ2) is 8.69. The summed E-state index contributed by atoms with van der Waals surface area (Å²) in [6.45, 7) is 4.74. The van der Waals surface area contributed by atoms with Crippen molar-refractivity contribution < 1.29 is 9.53 Å². The lowest BCUT2D eigenvalue weighted by atomic mass is 10.2. The Balaban J connectivity index is 1.78. The number of carbonyl (C=O) groups excluding carboxylic acids is 1. The van der Waals surface area contributed by atoms with Crippen LogP contribution >= 0.6 is 12.2 Å². The molecule has 0 unspecified atom stereocenters. The lowest BCUT2D eigenvalue weighted by molar-refractivity contribution is -0.140. The summed E-state index contributed by atoms with van der Waals surface area (Å²) in [5.74, 6) is -0.253. The van der Waals surface area contributed by atoms with Crippen LogP contribution in [0.1, 0.15) is 6.42 Å². The first kappa shape index (κ1) is 17.5. The Bertz CT molecular complexity index is 527. The highest BCUT2D eigenvalue weighted by molar-refractivity contribution is 7.80. The zero-order valence-corrected chi connectivity index (χ0v) is 14.5. The van der Waals surface area contributed by atoms with Gasteiger partial charge in [-0.15, -0.1) is 0 Å². The summed E-state index contributed by atoms with van der Waals surface area (Å²) in [4.78, 5) is 15.7. The first-order valence-electron chi connectivity index (χ1n) is 7.73. The topological polar surface area (TPSA) is 56.8 Å². The van der Waals surface area contributed by atoms with E-state index in [1.54, 1.807) is 0 Å². The second-order valence-corrected chi connectivity index (χ2v) is 5.95. The van der Waals surface area contributed by atoms with Crippen LogP contribution in [-0.2, 0) is 9.53 Å². The minimum Gasteiger partial charge on any atom is -0.469 e. The maximum Gasteiger partial charge on any atom is 0.307 e. The Kier molecular flexibility index (Phi) is 6.61. The Labute approximate surface area is 142 Å². The van der Waals surface area contributed by atoms with Crippen LogP contribution in [-0.4, -0.2) is 62.9 Å². The van der Waals surface area contributed by atoms with Gasteiger partial charge in [-0.1, -0.05) is 0 Å². The summed E-state index contributed by atoms with van der Waals surface area (Å²) in [5.41, 5.74) is 2.16. The third-order valence-electron chi connectivity index (χ3n) is 3.84. The molecule has 1 heterocycles. The van der Waals surface area contributed by atoms with Crippen molar-refractivity contribution in [3.8, 4) is 0 Å². The number of ether oxygens (including phenoxy) is 1. The van der Waals surface area contributed by atoms with Gasteiger partial charge in [0.25, 0.3) is 0 Å². The Hall–Kier alpha value is -1.86. The molecule has 1 aromatic carbocycles. The molecule has 1 aliphatic heterocycles. The van der Waals surface area contributed by atoms with E-state index in [0.717, 1.165) is 31.9 Å². The van der Waals surface area contributed by atoms with Gasteiger partial charge >= 0.3 is 5.97 Å². The molecular weight excluding hydrogens is 312 g/mol. The predicted molar refractivity (Wildman–Crippen MR) is 97.0 cm³/mol. The van der Waals surface area contributed by atoms with Gasteiger partial charge in [0.15, 0.2) is 5.11 Å². The number of anilines is 2. The van der Waals surface area contributed by atoms with E-state index in [4.69, 9.17) is 12.2 Å². The van der Waals surface area contributed by atoms with E-state index in [-0.39, 0.29) is 5.97 Å². The summed E-state index contributed by atoms with van der Waals surface area (Å²) in [5, 5.41) is 6.60. The molecular formula is C16H24N4O2S. The first-order valence-corrected chi connectivity index (χ1v) is 8.14. The minimum absolute atomic E-state index is 0.253. The number of nitrogens with zero attached hydrogens (tertiary/aromatic N) is 2. The van der Waals surface area contributed by atoms with Crippen LogP contribution in [0.5, 0.6) is 0 Å². The van der Waals surface area contributed by atoms with Crippen LogP contribution in [0.3, 0.4) is 0 Å². The number of rotatable bonds is 5. The molecule has 0 bridgehead atoms. The van der Waals surface area contributed by atoms with Crippen LogP contribution in [0, 0.1) is 0 Å². The minimum atomic E-state index is -0.253. The molecule has 7 heteroatoms. The monoisotopic (exact) mass is 336 g/mol. The van der Waals surface area contributed by atoms with Gasteiger partial charge in [0.1, 0.15) is 0 Å². The molecule has 0 saturated carbocycles. The van der Waals surface area contributed by atoms with Gasteiger partial charge in [-0.2, -0.15) is 0 Å². The average molecular weight is 336 g/mol. The normalized spacial score (nSPS) is 15.1. The van der Waals surface area contributed by atoms with E-state index in [0.29, 0.717) is 18.1 Å². The fourth-order valence-corrected chi connectivity index (χ4v) is 2.60. The molecule has 0 aromatic heterocycles. The van der Waals surface area contributed by atoms with E-state index >= 15 is 0 Å². The van der Waals surface area contributed by atoms with E-state index in [9.17, 15) is 4.79 Å². The van der Waals surface area contributed by atoms with Gasteiger partial charge < -0.3 is 25.2 Å². The van der Waals surface area contributed by atoms with Gasteiger partial charge in [0, 0.05) is 44.1 Å². The lowest BCUT2D eigenvalue weighted by Crippen LogP contribution is -2.44. The number of likely N-dealkylation sites (N-methyl/N-ethyl adjacent to an activating group) is 1. The molecule has 1 aliphatic rings. The van der Waals surface area contributed by atoms with E-state index in [2.05, 4.69) is 44.4 Å². The molecule has 1 fully saturated rings. The summed E-state index contributed by atoms with van der Waals surface area (Å²) < 4.78 is 4.58. The van der Waals surface area contributed by atoms with Crippen LogP contribution < -0.4 is 15.5 Å². The molecule has 6 nitrogen and oxygen atoms in total. The average Bonchev–Trinajstić information content (AvgIpc) is 2.56. The molecule has 0 spiro atoms. The third kappa shape index (κ3) is 5.69. The van der Waals surface area contributed by atoms with Gasteiger partial charge in [-0.05, 0) is 43.5 Å². The third-order valence-corrected chi connectivity index (χ3v) is 4.08. The Morgan fingerprint density at radius 2 is 1.87 bits per heavy atom. The van der Waals surface area contributed by atoms with Crippen molar-refractivity contribution in [3.05, 3.63) is 24.3 Å². The van der Waals surface area contributed by atoms with Crippen molar-refractivity contribution in [1.29, 1.82) is 0 Å². The summed E-state index contributed by atoms with van der Waals surface area (Å²) in [6, 6.07) is 8.24. The van der Waals surface area contributed by atoms with Crippen LogP contribution in [0.4, 0.5) is 11.4 Å². The number of hydrogen-bond donors (Lipinski definition) is 2. The fraction of sp³-hybridized carbons (Fsp3) is 0.500. The SMILES string of the molecule is COC(=O)CCNC(=S)Nc1ccc(N2CCN(C)CC2)cc1. The number of carbonyl (C=O) groups is 1. The quantitative estimate of drug-likeness (QED) is 0.621. The van der Waals surface area contributed by atoms with Crippen LogP contribution in [0.15, 0.2) is 24.3 Å². The molecule has 0 aliphatic carbocycles. The number of thiocarbonyl (C=S) groups is 1. The maximum absolute atomic E-state index is 11.0. The summed E-state index contributed by atoms with van der Waals surface area (Å²) >= 11 is 5.20. The van der Waals surface area contributed by atoms with Crippen molar-refractivity contribution in [1.82, 2.24) is 10.2 Å².